The lowest BCUT2D eigenvalue weighted by molar-refractivity contribution is -0.385. The molecule has 0 radical (unpaired) electrons. The molecule has 1 atom stereocenters. The number of sulfone groups is 1. The number of hydrogen-bond acceptors (Lipinski definition) is 7. The molecule has 142 valence electrons. The second-order valence-corrected chi connectivity index (χ2v) is 7.89. The van der Waals surface area contributed by atoms with Gasteiger partial charge in [-0.05, 0) is 13.0 Å². The molecular weight excluding hydrogens is 366 g/mol. The van der Waals surface area contributed by atoms with E-state index in [-0.39, 0.29) is 16.4 Å². The molecule has 0 saturated carbocycles. The molecule has 2 amide bonds. The Hall–Kier alpha value is -2.53. The van der Waals surface area contributed by atoms with Crippen molar-refractivity contribution in [3.05, 3.63) is 33.9 Å². The van der Waals surface area contributed by atoms with Gasteiger partial charge < -0.3 is 15.0 Å². The smallest absolute Gasteiger partial charge is 0.271 e. The van der Waals surface area contributed by atoms with Gasteiger partial charge in [-0.2, -0.15) is 0 Å². The van der Waals surface area contributed by atoms with Gasteiger partial charge in [0.1, 0.15) is 6.04 Å². The topological polar surface area (TPSA) is 136 Å². The molecule has 1 saturated heterocycles. The molecule has 1 N–H and O–H groups in total. The summed E-state index contributed by atoms with van der Waals surface area (Å²) in [5.41, 5.74) is -0.730. The van der Waals surface area contributed by atoms with E-state index >= 15 is 0 Å². The van der Waals surface area contributed by atoms with Gasteiger partial charge in [0.05, 0.1) is 23.0 Å². The van der Waals surface area contributed by atoms with Gasteiger partial charge in [-0.15, -0.1) is 0 Å². The molecule has 1 heterocycles. The van der Waals surface area contributed by atoms with E-state index < -0.39 is 32.4 Å². The molecule has 1 aliphatic heterocycles. The highest BCUT2D eigenvalue weighted by atomic mass is 32.2. The minimum absolute atomic E-state index is 0.207. The standard InChI is InChI=1S/C15H19N3O7S/c1-10(15(20)17-3-5-25-6-4-17)16-14(19)11-7-12(18(21)22)9-13(8-11)26(2,23)24/h7-10H,3-6H2,1-2H3,(H,16,19). The Balaban J connectivity index is 2.21. The molecule has 1 aromatic rings. The Morgan fingerprint density at radius 3 is 2.42 bits per heavy atom. The normalized spacial score (nSPS) is 16.0. The summed E-state index contributed by atoms with van der Waals surface area (Å²) in [7, 11) is -3.75. The Kier molecular flexibility index (Phi) is 5.93. The number of rotatable bonds is 5. The van der Waals surface area contributed by atoms with Crippen LogP contribution in [0.3, 0.4) is 0 Å². The number of morpholine rings is 1. The van der Waals surface area contributed by atoms with Gasteiger partial charge in [0.25, 0.3) is 11.6 Å². The van der Waals surface area contributed by atoms with Gasteiger partial charge in [-0.3, -0.25) is 19.7 Å². The van der Waals surface area contributed by atoms with E-state index in [4.69, 9.17) is 4.74 Å². The van der Waals surface area contributed by atoms with Crippen LogP contribution in [0.2, 0.25) is 0 Å². The number of nitrogens with zero attached hydrogens (tertiary/aromatic N) is 2. The largest absolute Gasteiger partial charge is 0.378 e. The lowest BCUT2D eigenvalue weighted by Crippen LogP contribution is -2.50. The summed E-state index contributed by atoms with van der Waals surface area (Å²) in [5, 5.41) is 13.4. The van der Waals surface area contributed by atoms with E-state index in [1.807, 2.05) is 0 Å². The van der Waals surface area contributed by atoms with Gasteiger partial charge in [0.2, 0.25) is 5.91 Å². The predicted molar refractivity (Wildman–Crippen MR) is 90.5 cm³/mol. The zero-order valence-corrected chi connectivity index (χ0v) is 15.1. The van der Waals surface area contributed by atoms with Crippen molar-refractivity contribution >= 4 is 27.3 Å². The van der Waals surface area contributed by atoms with Crippen molar-refractivity contribution < 1.29 is 27.7 Å². The lowest BCUT2D eigenvalue weighted by atomic mass is 10.1. The number of benzene rings is 1. The van der Waals surface area contributed by atoms with Gasteiger partial charge >= 0.3 is 0 Å². The first-order chi connectivity index (χ1) is 12.1. The molecule has 0 aromatic heterocycles. The maximum atomic E-state index is 12.4. The molecule has 0 spiro atoms. The third-order valence-corrected chi connectivity index (χ3v) is 4.93. The van der Waals surface area contributed by atoms with E-state index in [0.29, 0.717) is 26.3 Å². The Labute approximate surface area is 150 Å². The van der Waals surface area contributed by atoms with Crippen molar-refractivity contribution in [1.29, 1.82) is 0 Å². The fourth-order valence-corrected chi connectivity index (χ4v) is 3.11. The van der Waals surface area contributed by atoms with E-state index in [9.17, 15) is 28.1 Å². The Morgan fingerprint density at radius 2 is 1.88 bits per heavy atom. The summed E-state index contributed by atoms with van der Waals surface area (Å²) in [5.74, 6) is -1.08. The number of nitrogens with one attached hydrogen (secondary N) is 1. The maximum absolute atomic E-state index is 12.4. The summed E-state index contributed by atoms with van der Waals surface area (Å²) in [6.45, 7) is 3.14. The van der Waals surface area contributed by atoms with Crippen LogP contribution in [0.1, 0.15) is 17.3 Å². The fraction of sp³-hybridized carbons (Fsp3) is 0.467. The van der Waals surface area contributed by atoms with Crippen LogP contribution in [0.4, 0.5) is 5.69 Å². The number of carbonyl (C=O) groups is 2. The minimum Gasteiger partial charge on any atom is -0.378 e. The minimum atomic E-state index is -3.75. The second kappa shape index (κ2) is 7.79. The Morgan fingerprint density at radius 1 is 1.27 bits per heavy atom. The van der Waals surface area contributed by atoms with E-state index in [1.54, 1.807) is 4.90 Å². The van der Waals surface area contributed by atoms with Crippen LogP contribution < -0.4 is 5.32 Å². The van der Waals surface area contributed by atoms with Crippen molar-refractivity contribution in [2.24, 2.45) is 0 Å². The van der Waals surface area contributed by atoms with Crippen LogP contribution in [0.25, 0.3) is 0 Å². The molecule has 11 heteroatoms. The lowest BCUT2D eigenvalue weighted by Gasteiger charge is -2.29. The average molecular weight is 385 g/mol. The summed E-state index contributed by atoms with van der Waals surface area (Å²) in [6, 6.07) is 2.02. The first-order valence-corrected chi connectivity index (χ1v) is 9.65. The third-order valence-electron chi connectivity index (χ3n) is 3.83. The van der Waals surface area contributed by atoms with Crippen molar-refractivity contribution in [2.75, 3.05) is 32.6 Å². The number of nitro benzene ring substituents is 1. The average Bonchev–Trinajstić information content (AvgIpc) is 2.60. The number of non-ortho nitro benzene ring substituents is 1. The monoisotopic (exact) mass is 385 g/mol. The molecule has 1 unspecified atom stereocenters. The number of carbonyl (C=O) groups excluding carboxylic acids is 2. The summed E-state index contributed by atoms with van der Waals surface area (Å²) >= 11 is 0. The first-order valence-electron chi connectivity index (χ1n) is 7.76. The second-order valence-electron chi connectivity index (χ2n) is 5.88. The Bertz CT molecular complexity index is 832. The van der Waals surface area contributed by atoms with Crippen LogP contribution >= 0.6 is 0 Å². The fourth-order valence-electron chi connectivity index (χ4n) is 2.43. The van der Waals surface area contributed by atoms with Crippen LogP contribution in [0, 0.1) is 10.1 Å². The molecule has 26 heavy (non-hydrogen) atoms. The van der Waals surface area contributed by atoms with E-state index in [0.717, 1.165) is 24.5 Å². The van der Waals surface area contributed by atoms with Crippen molar-refractivity contribution in [3.8, 4) is 0 Å². The van der Waals surface area contributed by atoms with Crippen LogP contribution in [-0.2, 0) is 19.4 Å². The zero-order chi connectivity index (χ0) is 19.5. The van der Waals surface area contributed by atoms with Crippen LogP contribution in [0.15, 0.2) is 23.1 Å². The molecule has 0 bridgehead atoms. The maximum Gasteiger partial charge on any atom is 0.271 e. The van der Waals surface area contributed by atoms with Gasteiger partial charge in [-0.1, -0.05) is 0 Å². The highest BCUT2D eigenvalue weighted by molar-refractivity contribution is 7.90. The molecule has 1 fully saturated rings. The van der Waals surface area contributed by atoms with Crippen molar-refractivity contribution in [2.45, 2.75) is 17.9 Å². The summed E-state index contributed by atoms with van der Waals surface area (Å²) in [4.78, 5) is 36.1. The quantitative estimate of drug-likeness (QED) is 0.555. The molecule has 1 aromatic carbocycles. The summed E-state index contributed by atoms with van der Waals surface area (Å²) < 4.78 is 28.5. The number of hydrogen-bond donors (Lipinski definition) is 1. The van der Waals surface area contributed by atoms with Crippen molar-refractivity contribution in [1.82, 2.24) is 10.2 Å². The highest BCUT2D eigenvalue weighted by Crippen LogP contribution is 2.21. The van der Waals surface area contributed by atoms with Crippen molar-refractivity contribution in [3.63, 3.8) is 0 Å². The van der Waals surface area contributed by atoms with E-state index in [2.05, 4.69) is 5.32 Å². The van der Waals surface area contributed by atoms with E-state index in [1.165, 1.54) is 6.92 Å². The van der Waals surface area contributed by atoms with Gasteiger partial charge in [0, 0.05) is 37.0 Å². The molecule has 0 aliphatic carbocycles. The van der Waals surface area contributed by atoms with Gasteiger partial charge in [-0.25, -0.2) is 8.42 Å². The van der Waals surface area contributed by atoms with Crippen LogP contribution in [0.5, 0.6) is 0 Å². The molecule has 2 rings (SSSR count). The number of nitro groups is 1. The summed E-state index contributed by atoms with van der Waals surface area (Å²) in [6.07, 6.45) is 0.887. The van der Waals surface area contributed by atoms with Crippen LogP contribution in [-0.4, -0.2) is 68.7 Å². The molecular formula is C15H19N3O7S. The number of amides is 2. The first kappa shape index (κ1) is 19.8. The SMILES string of the molecule is CC(NC(=O)c1cc([N+](=O)[O-])cc(S(C)(=O)=O)c1)C(=O)N1CCOCC1. The molecule has 1 aliphatic rings. The third kappa shape index (κ3) is 4.76. The number of ether oxygens (including phenoxy) is 1. The van der Waals surface area contributed by atoms with Gasteiger partial charge in [0.15, 0.2) is 9.84 Å². The highest BCUT2D eigenvalue weighted by Gasteiger charge is 2.25. The predicted octanol–water partition coefficient (Wildman–Crippen LogP) is -0.0246. The zero-order valence-electron chi connectivity index (χ0n) is 14.3. The molecule has 10 nitrogen and oxygen atoms in total.